The maximum absolute atomic E-state index is 12.4. The quantitative estimate of drug-likeness (QED) is 0.631. The third kappa shape index (κ3) is 3.27. The number of benzene rings is 1. The monoisotopic (exact) mass is 268 g/mol. The molecule has 3 N–H and O–H groups in total. The normalized spacial score (nSPS) is 15.6. The molecule has 0 fully saturated rings. The lowest BCUT2D eigenvalue weighted by atomic mass is 10.0. The zero-order chi connectivity index (χ0) is 13.2. The summed E-state index contributed by atoms with van der Waals surface area (Å²) in [7, 11) is 0. The summed E-state index contributed by atoms with van der Waals surface area (Å²) in [6.45, 7) is 0. The van der Waals surface area contributed by atoms with Gasteiger partial charge < -0.3 is 15.3 Å². The number of rotatable bonds is 3. The number of hydrogen-bond acceptors (Lipinski definition) is 4. The molecule has 0 aromatic heterocycles. The number of thiol groups is 1. The third-order valence-corrected chi connectivity index (χ3v) is 2.60. The van der Waals surface area contributed by atoms with Gasteiger partial charge in [0.25, 0.3) is 0 Å². The molecule has 0 aliphatic carbocycles. The Morgan fingerprint density at radius 2 is 1.82 bits per heavy atom. The maximum atomic E-state index is 12.4. The Bertz CT molecular complexity index is 395. The number of aliphatic hydroxyl groups is 2. The van der Waals surface area contributed by atoms with Crippen LogP contribution in [0, 0.1) is 0 Å². The van der Waals surface area contributed by atoms with Crippen molar-refractivity contribution >= 4 is 12.6 Å². The minimum atomic E-state index is -4.58. The van der Waals surface area contributed by atoms with Gasteiger partial charge in [-0.15, -0.1) is 0 Å². The average Bonchev–Trinajstić information content (AvgIpc) is 2.26. The summed E-state index contributed by atoms with van der Waals surface area (Å²) in [5.41, 5.74) is -1.38. The minimum Gasteiger partial charge on any atom is -0.508 e. The molecule has 1 aromatic carbocycles. The zero-order valence-electron chi connectivity index (χ0n) is 8.52. The standard InChI is InChI=1S/C10H11F3O3S/c11-10(12,13)5-1-2-7(14)6(3-5)9(16)8(15)4-17/h1-3,8-9,14-17H,4H2. The van der Waals surface area contributed by atoms with Crippen molar-refractivity contribution in [1.82, 2.24) is 0 Å². The predicted molar refractivity (Wildman–Crippen MR) is 57.9 cm³/mol. The van der Waals surface area contributed by atoms with Gasteiger partial charge in [-0.2, -0.15) is 25.8 Å². The molecule has 0 saturated carbocycles. The molecule has 96 valence electrons. The second-order valence-electron chi connectivity index (χ2n) is 3.47. The van der Waals surface area contributed by atoms with E-state index in [4.69, 9.17) is 0 Å². The summed E-state index contributed by atoms with van der Waals surface area (Å²) < 4.78 is 37.2. The Hall–Kier alpha value is -0.920. The summed E-state index contributed by atoms with van der Waals surface area (Å²) in [5.74, 6) is -0.650. The molecule has 0 saturated heterocycles. The van der Waals surface area contributed by atoms with Crippen molar-refractivity contribution in [3.63, 3.8) is 0 Å². The second kappa shape index (κ2) is 5.16. The molecule has 0 aliphatic heterocycles. The molecule has 0 bridgehead atoms. The summed E-state index contributed by atoms with van der Waals surface area (Å²) in [6.07, 6.45) is -7.55. The van der Waals surface area contributed by atoms with Gasteiger partial charge in [-0.3, -0.25) is 0 Å². The largest absolute Gasteiger partial charge is 0.508 e. The van der Waals surface area contributed by atoms with Gasteiger partial charge in [0.1, 0.15) is 11.9 Å². The van der Waals surface area contributed by atoms with Crippen molar-refractivity contribution in [1.29, 1.82) is 0 Å². The van der Waals surface area contributed by atoms with Gasteiger partial charge in [-0.25, -0.2) is 0 Å². The third-order valence-electron chi connectivity index (χ3n) is 2.23. The lowest BCUT2D eigenvalue weighted by molar-refractivity contribution is -0.137. The van der Waals surface area contributed by atoms with Crippen molar-refractivity contribution in [2.75, 3.05) is 5.75 Å². The van der Waals surface area contributed by atoms with Crippen molar-refractivity contribution in [2.45, 2.75) is 18.4 Å². The molecule has 0 amide bonds. The van der Waals surface area contributed by atoms with Gasteiger partial charge in [0.15, 0.2) is 0 Å². The van der Waals surface area contributed by atoms with E-state index in [0.29, 0.717) is 12.1 Å². The van der Waals surface area contributed by atoms with Crippen LogP contribution in [-0.4, -0.2) is 27.2 Å². The number of halogens is 3. The van der Waals surface area contributed by atoms with Crippen LogP contribution >= 0.6 is 12.6 Å². The van der Waals surface area contributed by atoms with E-state index < -0.39 is 29.7 Å². The number of alkyl halides is 3. The van der Waals surface area contributed by atoms with E-state index in [-0.39, 0.29) is 11.3 Å². The fraction of sp³-hybridized carbons (Fsp3) is 0.400. The van der Waals surface area contributed by atoms with Crippen molar-refractivity contribution in [2.24, 2.45) is 0 Å². The fourth-order valence-electron chi connectivity index (χ4n) is 1.27. The smallest absolute Gasteiger partial charge is 0.416 e. The van der Waals surface area contributed by atoms with Crippen molar-refractivity contribution in [3.05, 3.63) is 29.3 Å². The van der Waals surface area contributed by atoms with Crippen molar-refractivity contribution in [3.8, 4) is 5.75 Å². The highest BCUT2D eigenvalue weighted by Gasteiger charge is 2.32. The highest BCUT2D eigenvalue weighted by Crippen LogP contribution is 2.35. The number of aliphatic hydroxyl groups excluding tert-OH is 2. The molecular weight excluding hydrogens is 257 g/mol. The van der Waals surface area contributed by atoms with Crippen LogP contribution in [0.5, 0.6) is 5.75 Å². The van der Waals surface area contributed by atoms with Gasteiger partial charge in [0.05, 0.1) is 11.7 Å². The topological polar surface area (TPSA) is 60.7 Å². The van der Waals surface area contributed by atoms with Crippen LogP contribution in [0.25, 0.3) is 0 Å². The van der Waals surface area contributed by atoms with Crippen LogP contribution in [-0.2, 0) is 6.18 Å². The molecule has 1 aromatic rings. The van der Waals surface area contributed by atoms with E-state index in [1.807, 2.05) is 0 Å². The highest BCUT2D eigenvalue weighted by molar-refractivity contribution is 7.80. The van der Waals surface area contributed by atoms with E-state index >= 15 is 0 Å². The van der Waals surface area contributed by atoms with E-state index in [1.54, 1.807) is 0 Å². The number of aromatic hydroxyl groups is 1. The Kier molecular flexibility index (Phi) is 4.29. The van der Waals surface area contributed by atoms with Gasteiger partial charge in [-0.05, 0) is 18.2 Å². The van der Waals surface area contributed by atoms with Crippen LogP contribution in [0.3, 0.4) is 0 Å². The molecule has 0 heterocycles. The maximum Gasteiger partial charge on any atom is 0.416 e. The van der Waals surface area contributed by atoms with E-state index in [0.717, 1.165) is 6.07 Å². The van der Waals surface area contributed by atoms with Gasteiger partial charge >= 0.3 is 6.18 Å². The molecule has 7 heteroatoms. The lowest BCUT2D eigenvalue weighted by Crippen LogP contribution is -2.20. The van der Waals surface area contributed by atoms with Gasteiger partial charge in [-0.1, -0.05) is 0 Å². The predicted octanol–water partition coefficient (Wildman–Crippen LogP) is 1.74. The van der Waals surface area contributed by atoms with E-state index in [2.05, 4.69) is 12.6 Å². The molecule has 0 spiro atoms. The highest BCUT2D eigenvalue weighted by atomic mass is 32.1. The minimum absolute atomic E-state index is 0.142. The van der Waals surface area contributed by atoms with Gasteiger partial charge in [0, 0.05) is 11.3 Å². The number of phenols is 1. The first-order valence-electron chi connectivity index (χ1n) is 4.64. The van der Waals surface area contributed by atoms with Crippen LogP contribution in [0.4, 0.5) is 13.2 Å². The molecule has 3 nitrogen and oxygen atoms in total. The average molecular weight is 268 g/mol. The summed E-state index contributed by atoms with van der Waals surface area (Å²) >= 11 is 3.71. The number of hydrogen-bond donors (Lipinski definition) is 4. The van der Waals surface area contributed by atoms with Crippen LogP contribution < -0.4 is 0 Å². The van der Waals surface area contributed by atoms with Crippen molar-refractivity contribution < 1.29 is 28.5 Å². The molecule has 0 aliphatic rings. The molecule has 2 atom stereocenters. The van der Waals surface area contributed by atoms with Crippen LogP contribution in [0.1, 0.15) is 17.2 Å². The summed E-state index contributed by atoms with van der Waals surface area (Å²) in [4.78, 5) is 0. The summed E-state index contributed by atoms with van der Waals surface area (Å²) in [5, 5.41) is 28.2. The molecule has 2 unspecified atom stereocenters. The van der Waals surface area contributed by atoms with Gasteiger partial charge in [0.2, 0.25) is 0 Å². The summed E-state index contributed by atoms with van der Waals surface area (Å²) in [6, 6.07) is 2.12. The SMILES string of the molecule is Oc1ccc(C(F)(F)F)cc1C(O)C(O)CS. The molecule has 17 heavy (non-hydrogen) atoms. The lowest BCUT2D eigenvalue weighted by Gasteiger charge is -2.18. The molecular formula is C10H11F3O3S. The zero-order valence-corrected chi connectivity index (χ0v) is 9.41. The second-order valence-corrected chi connectivity index (χ2v) is 3.83. The molecule has 0 radical (unpaired) electrons. The first-order chi connectivity index (χ1) is 7.77. The Morgan fingerprint density at radius 1 is 1.24 bits per heavy atom. The molecule has 1 rings (SSSR count). The van der Waals surface area contributed by atoms with Crippen LogP contribution in [0.2, 0.25) is 0 Å². The Balaban J connectivity index is 3.15. The van der Waals surface area contributed by atoms with Crippen LogP contribution in [0.15, 0.2) is 18.2 Å². The first kappa shape index (κ1) is 14.1. The van der Waals surface area contributed by atoms with E-state index in [1.165, 1.54) is 0 Å². The first-order valence-corrected chi connectivity index (χ1v) is 5.27. The van der Waals surface area contributed by atoms with E-state index in [9.17, 15) is 28.5 Å². The number of phenolic OH excluding ortho intramolecular Hbond substituents is 1. The Morgan fingerprint density at radius 3 is 2.29 bits per heavy atom. The fourth-order valence-corrected chi connectivity index (χ4v) is 1.47. The Labute approximate surface area is 101 Å².